The SMILES string of the molecule is CC1(C)c2ccccc2-c2cc(-c3[c-]ccnc3)ncc21.[2H]C([2H])([2H])c1ccc(-c2[c-]cccc2)nc1.[Ir]. The first-order valence-corrected chi connectivity index (χ1v) is 11.1. The molecule has 0 unspecified atom stereocenters. The number of nitrogens with zero attached hydrogens (tertiary/aromatic N) is 3. The molecule has 0 aliphatic heterocycles. The minimum atomic E-state index is -2.09. The topological polar surface area (TPSA) is 38.7 Å². The average Bonchev–Trinajstić information content (AvgIpc) is 3.16. The predicted octanol–water partition coefficient (Wildman–Crippen LogP) is 7.10. The molecule has 1 radical (unpaired) electrons. The van der Waals surface area contributed by atoms with Crippen LogP contribution >= 0.6 is 0 Å². The minimum absolute atomic E-state index is 0. The van der Waals surface area contributed by atoms with Gasteiger partial charge in [-0.25, -0.2) is 0 Å². The van der Waals surface area contributed by atoms with E-state index < -0.39 is 6.85 Å². The van der Waals surface area contributed by atoms with Crippen LogP contribution in [-0.2, 0) is 25.5 Å². The van der Waals surface area contributed by atoms with E-state index in [-0.39, 0.29) is 31.1 Å². The quantitative estimate of drug-likeness (QED) is 0.195. The van der Waals surface area contributed by atoms with Crippen LogP contribution < -0.4 is 0 Å². The van der Waals surface area contributed by atoms with Crippen molar-refractivity contribution >= 4 is 0 Å². The second kappa shape index (κ2) is 10.4. The van der Waals surface area contributed by atoms with Gasteiger partial charge in [-0.1, -0.05) is 68.7 Å². The second-order valence-corrected chi connectivity index (χ2v) is 8.65. The number of aryl methyl sites for hydroxylation is 1. The molecule has 35 heavy (non-hydrogen) atoms. The van der Waals surface area contributed by atoms with Gasteiger partial charge in [0.2, 0.25) is 0 Å². The summed E-state index contributed by atoms with van der Waals surface area (Å²) in [6.07, 6.45) is 6.94. The normalized spacial score (nSPS) is 14.1. The molecule has 0 saturated heterocycles. The number of hydrogen-bond acceptors (Lipinski definition) is 3. The fraction of sp³-hybridized carbons (Fsp3) is 0.129. The molecule has 175 valence electrons. The first kappa shape index (κ1) is 20.9. The Balaban J connectivity index is 0.000000179. The van der Waals surface area contributed by atoms with Crippen LogP contribution in [0.1, 0.15) is 34.7 Å². The Kier molecular flexibility index (Phi) is 6.22. The fourth-order valence-electron chi connectivity index (χ4n) is 4.30. The molecular weight excluding hydrogens is 607 g/mol. The molecule has 0 atom stereocenters. The molecule has 1 aliphatic carbocycles. The molecule has 0 saturated carbocycles. The molecule has 6 rings (SSSR count). The van der Waals surface area contributed by atoms with Gasteiger partial charge < -0.3 is 15.0 Å². The van der Waals surface area contributed by atoms with Crippen LogP contribution in [0.5, 0.6) is 0 Å². The third-order valence-corrected chi connectivity index (χ3v) is 6.10. The standard InChI is InChI=1S/C19H15N2.C12H10N.Ir/c1-19(2)16-8-4-3-7-14(16)15-10-18(21-12-17(15)19)13-6-5-9-20-11-13;1-10-7-8-12(13-9-10)11-5-3-2-4-6-11;/h3-5,7-12H,1-2H3;2-5,7-9H,1H3;/q2*-1;/i;1D3;. The third kappa shape index (κ3) is 5.00. The maximum Gasteiger partial charge on any atom is 0.0280 e. The summed E-state index contributed by atoms with van der Waals surface area (Å²) in [6.45, 7) is 2.43. The van der Waals surface area contributed by atoms with Crippen LogP contribution in [0.4, 0.5) is 0 Å². The van der Waals surface area contributed by atoms with Crippen LogP contribution in [0.25, 0.3) is 33.6 Å². The minimum Gasteiger partial charge on any atom is -0.360 e. The van der Waals surface area contributed by atoms with E-state index in [2.05, 4.69) is 71.3 Å². The monoisotopic (exact) mass is 635 g/mol. The van der Waals surface area contributed by atoms with Crippen molar-refractivity contribution in [3.8, 4) is 33.6 Å². The Labute approximate surface area is 224 Å². The maximum absolute atomic E-state index is 7.23. The van der Waals surface area contributed by atoms with Gasteiger partial charge in [-0.15, -0.1) is 53.6 Å². The van der Waals surface area contributed by atoms with Gasteiger partial charge in [0.15, 0.2) is 0 Å². The van der Waals surface area contributed by atoms with E-state index >= 15 is 0 Å². The second-order valence-electron chi connectivity index (χ2n) is 8.65. The van der Waals surface area contributed by atoms with Crippen LogP contribution in [0.3, 0.4) is 0 Å². The molecule has 2 aromatic carbocycles. The van der Waals surface area contributed by atoms with Crippen LogP contribution in [0.15, 0.2) is 97.6 Å². The first-order chi connectivity index (χ1) is 17.7. The maximum atomic E-state index is 7.23. The fourth-order valence-corrected chi connectivity index (χ4v) is 4.30. The zero-order valence-electron chi connectivity index (χ0n) is 22.4. The summed E-state index contributed by atoms with van der Waals surface area (Å²) < 4.78 is 21.7. The molecule has 1 aliphatic rings. The summed E-state index contributed by atoms with van der Waals surface area (Å²) in [5, 5.41) is 0. The molecule has 3 heterocycles. The van der Waals surface area contributed by atoms with E-state index in [1.165, 1.54) is 28.5 Å². The van der Waals surface area contributed by atoms with Crippen LogP contribution in [-0.4, -0.2) is 15.0 Å². The van der Waals surface area contributed by atoms with Gasteiger partial charge in [0.05, 0.1) is 0 Å². The molecule has 0 N–H and O–H groups in total. The number of rotatable bonds is 2. The smallest absolute Gasteiger partial charge is 0.0280 e. The van der Waals surface area contributed by atoms with Gasteiger partial charge >= 0.3 is 0 Å². The summed E-state index contributed by atoms with van der Waals surface area (Å²) in [5.41, 5.74) is 8.96. The van der Waals surface area contributed by atoms with E-state index in [0.29, 0.717) is 0 Å². The van der Waals surface area contributed by atoms with Crippen molar-refractivity contribution in [2.75, 3.05) is 0 Å². The number of fused-ring (bicyclic) bond motifs is 3. The van der Waals surface area contributed by atoms with Gasteiger partial charge in [0, 0.05) is 42.0 Å². The Hall–Kier alpha value is -3.46. The number of benzene rings is 2. The Morgan fingerprint density at radius 3 is 2.26 bits per heavy atom. The summed E-state index contributed by atoms with van der Waals surface area (Å²) >= 11 is 0. The Morgan fingerprint density at radius 1 is 0.743 bits per heavy atom. The molecule has 3 aromatic heterocycles. The molecule has 0 amide bonds. The third-order valence-electron chi connectivity index (χ3n) is 6.10. The van der Waals surface area contributed by atoms with Crippen molar-refractivity contribution in [2.45, 2.75) is 26.1 Å². The van der Waals surface area contributed by atoms with Gasteiger partial charge in [0.1, 0.15) is 0 Å². The molecule has 0 spiro atoms. The number of aromatic nitrogens is 3. The van der Waals surface area contributed by atoms with Gasteiger partial charge in [-0.2, -0.15) is 0 Å². The van der Waals surface area contributed by atoms with E-state index in [1.54, 1.807) is 30.6 Å². The van der Waals surface area contributed by atoms with Gasteiger partial charge in [-0.3, -0.25) is 0 Å². The van der Waals surface area contributed by atoms with Crippen molar-refractivity contribution in [2.24, 2.45) is 0 Å². The molecule has 0 bridgehead atoms. The molecule has 3 nitrogen and oxygen atoms in total. The van der Waals surface area contributed by atoms with Crippen LogP contribution in [0.2, 0.25) is 0 Å². The molecular formula is C31H25IrN3-2. The van der Waals surface area contributed by atoms with Crippen molar-refractivity contribution < 1.29 is 24.2 Å². The summed E-state index contributed by atoms with van der Waals surface area (Å²) in [5.74, 6) is 0. The first-order valence-electron chi connectivity index (χ1n) is 12.6. The van der Waals surface area contributed by atoms with Crippen LogP contribution in [0, 0.1) is 19.0 Å². The zero-order chi connectivity index (χ0) is 26.0. The van der Waals surface area contributed by atoms with Gasteiger partial charge in [-0.05, 0) is 46.1 Å². The van der Waals surface area contributed by atoms with Crippen molar-refractivity contribution in [3.63, 3.8) is 0 Å². The number of pyridine rings is 3. The van der Waals surface area contributed by atoms with E-state index in [0.717, 1.165) is 22.5 Å². The molecule has 0 fully saturated rings. The van der Waals surface area contributed by atoms with E-state index in [9.17, 15) is 0 Å². The summed E-state index contributed by atoms with van der Waals surface area (Å²) in [4.78, 5) is 12.9. The summed E-state index contributed by atoms with van der Waals surface area (Å²) in [7, 11) is 0. The zero-order valence-corrected chi connectivity index (χ0v) is 21.8. The van der Waals surface area contributed by atoms with E-state index in [4.69, 9.17) is 4.11 Å². The van der Waals surface area contributed by atoms with Gasteiger partial charge in [0.25, 0.3) is 0 Å². The number of hydrogen-bond donors (Lipinski definition) is 0. The molecule has 4 heteroatoms. The molecule has 5 aromatic rings. The summed E-state index contributed by atoms with van der Waals surface area (Å²) in [6, 6.07) is 29.6. The van der Waals surface area contributed by atoms with Crippen molar-refractivity contribution in [1.29, 1.82) is 0 Å². The van der Waals surface area contributed by atoms with Crippen molar-refractivity contribution in [1.82, 2.24) is 15.0 Å². The largest absolute Gasteiger partial charge is 0.360 e. The van der Waals surface area contributed by atoms with E-state index in [1.807, 2.05) is 30.5 Å². The average molecular weight is 635 g/mol. The predicted molar refractivity (Wildman–Crippen MR) is 137 cm³/mol. The Morgan fingerprint density at radius 2 is 1.54 bits per heavy atom. The van der Waals surface area contributed by atoms with Crippen molar-refractivity contribution in [3.05, 3.63) is 126 Å². The Bertz CT molecular complexity index is 1520.